The standard InChI is InChI=1S/C21H33N3O3/c1-17-8-5-6-9-18(17)16-23-12-14-24(15-13-23)19(25)10-7-11-22-20(26)27-21(2,3)4/h5-6,8-9H,7,10-16H2,1-4H3,(H,22,26). The molecule has 1 aliphatic rings. The summed E-state index contributed by atoms with van der Waals surface area (Å²) >= 11 is 0. The van der Waals surface area contributed by atoms with Crippen molar-refractivity contribution in [2.45, 2.75) is 52.7 Å². The number of ether oxygens (including phenoxy) is 1. The number of carbonyl (C=O) groups excluding carboxylic acids is 2. The van der Waals surface area contributed by atoms with E-state index in [9.17, 15) is 9.59 Å². The van der Waals surface area contributed by atoms with Crippen LogP contribution in [0.1, 0.15) is 44.7 Å². The Labute approximate surface area is 162 Å². The van der Waals surface area contributed by atoms with E-state index in [0.29, 0.717) is 19.4 Å². The number of nitrogens with zero attached hydrogens (tertiary/aromatic N) is 2. The molecule has 0 saturated carbocycles. The van der Waals surface area contributed by atoms with Crippen molar-refractivity contribution in [1.29, 1.82) is 0 Å². The van der Waals surface area contributed by atoms with Crippen LogP contribution in [0.25, 0.3) is 0 Å². The van der Waals surface area contributed by atoms with E-state index in [1.807, 2.05) is 25.7 Å². The molecule has 1 aliphatic heterocycles. The number of aryl methyl sites for hydroxylation is 1. The lowest BCUT2D eigenvalue weighted by Crippen LogP contribution is -2.48. The van der Waals surface area contributed by atoms with Gasteiger partial charge in [0.05, 0.1) is 0 Å². The Bertz CT molecular complexity index is 632. The van der Waals surface area contributed by atoms with Gasteiger partial charge >= 0.3 is 6.09 Å². The molecule has 150 valence electrons. The number of alkyl carbamates (subject to hydrolysis) is 1. The van der Waals surface area contributed by atoms with E-state index >= 15 is 0 Å². The number of piperazine rings is 1. The second-order valence-electron chi connectivity index (χ2n) is 8.12. The summed E-state index contributed by atoms with van der Waals surface area (Å²) in [7, 11) is 0. The molecule has 6 heteroatoms. The predicted molar refractivity (Wildman–Crippen MR) is 107 cm³/mol. The molecule has 0 unspecified atom stereocenters. The van der Waals surface area contributed by atoms with Crippen LogP contribution in [0.2, 0.25) is 0 Å². The second kappa shape index (κ2) is 9.74. The lowest BCUT2D eigenvalue weighted by molar-refractivity contribution is -0.133. The van der Waals surface area contributed by atoms with Gasteiger partial charge in [-0.05, 0) is 45.2 Å². The van der Waals surface area contributed by atoms with Crippen LogP contribution in [0.15, 0.2) is 24.3 Å². The Morgan fingerprint density at radius 2 is 1.78 bits per heavy atom. The van der Waals surface area contributed by atoms with Gasteiger partial charge in [0.2, 0.25) is 5.91 Å². The van der Waals surface area contributed by atoms with Gasteiger partial charge in [-0.25, -0.2) is 4.79 Å². The zero-order valence-electron chi connectivity index (χ0n) is 17.1. The Morgan fingerprint density at radius 3 is 2.41 bits per heavy atom. The highest BCUT2D eigenvalue weighted by atomic mass is 16.6. The largest absolute Gasteiger partial charge is 0.444 e. The van der Waals surface area contributed by atoms with Gasteiger partial charge in [0.15, 0.2) is 0 Å². The van der Waals surface area contributed by atoms with E-state index in [1.165, 1.54) is 11.1 Å². The summed E-state index contributed by atoms with van der Waals surface area (Å²) in [6.07, 6.45) is 0.648. The molecule has 0 bridgehead atoms. The molecule has 0 aromatic heterocycles. The number of nitrogens with one attached hydrogen (secondary N) is 1. The average molecular weight is 376 g/mol. The van der Waals surface area contributed by atoms with Gasteiger partial charge in [0, 0.05) is 45.7 Å². The Morgan fingerprint density at radius 1 is 1.11 bits per heavy atom. The first kappa shape index (κ1) is 21.2. The number of hydrogen-bond acceptors (Lipinski definition) is 4. The highest BCUT2D eigenvalue weighted by molar-refractivity contribution is 5.76. The molecule has 1 aromatic carbocycles. The number of benzene rings is 1. The highest BCUT2D eigenvalue weighted by Gasteiger charge is 2.21. The fourth-order valence-corrected chi connectivity index (χ4v) is 3.09. The van der Waals surface area contributed by atoms with Crippen molar-refractivity contribution in [1.82, 2.24) is 15.1 Å². The average Bonchev–Trinajstić information content (AvgIpc) is 2.60. The molecule has 0 radical (unpaired) electrons. The summed E-state index contributed by atoms with van der Waals surface area (Å²) < 4.78 is 5.18. The summed E-state index contributed by atoms with van der Waals surface area (Å²) in [6.45, 7) is 12.3. The Balaban J connectivity index is 1.63. The number of rotatable bonds is 6. The van der Waals surface area contributed by atoms with Gasteiger partial charge in [-0.1, -0.05) is 24.3 Å². The van der Waals surface area contributed by atoms with Gasteiger partial charge in [-0.3, -0.25) is 9.69 Å². The maximum atomic E-state index is 12.4. The summed E-state index contributed by atoms with van der Waals surface area (Å²) in [6, 6.07) is 8.45. The van der Waals surface area contributed by atoms with Crippen molar-refractivity contribution in [3.63, 3.8) is 0 Å². The van der Waals surface area contributed by atoms with Crippen molar-refractivity contribution in [2.24, 2.45) is 0 Å². The topological polar surface area (TPSA) is 61.9 Å². The van der Waals surface area contributed by atoms with Gasteiger partial charge < -0.3 is 15.0 Å². The Kier molecular flexibility index (Phi) is 7.66. The van der Waals surface area contributed by atoms with Crippen LogP contribution in [0.3, 0.4) is 0 Å². The molecule has 1 heterocycles. The second-order valence-corrected chi connectivity index (χ2v) is 8.12. The molecule has 1 fully saturated rings. The van der Waals surface area contributed by atoms with E-state index in [2.05, 4.69) is 41.4 Å². The van der Waals surface area contributed by atoms with Crippen molar-refractivity contribution >= 4 is 12.0 Å². The van der Waals surface area contributed by atoms with Crippen LogP contribution < -0.4 is 5.32 Å². The number of amides is 2. The molecule has 0 spiro atoms. The van der Waals surface area contributed by atoms with E-state index in [0.717, 1.165) is 32.7 Å². The van der Waals surface area contributed by atoms with E-state index < -0.39 is 11.7 Å². The van der Waals surface area contributed by atoms with Crippen molar-refractivity contribution in [2.75, 3.05) is 32.7 Å². The van der Waals surface area contributed by atoms with Gasteiger partial charge in [-0.2, -0.15) is 0 Å². The van der Waals surface area contributed by atoms with Gasteiger partial charge in [0.25, 0.3) is 0 Å². The molecule has 1 saturated heterocycles. The maximum absolute atomic E-state index is 12.4. The van der Waals surface area contributed by atoms with Crippen LogP contribution in [0.5, 0.6) is 0 Å². The molecule has 27 heavy (non-hydrogen) atoms. The lowest BCUT2D eigenvalue weighted by atomic mass is 10.1. The Hall–Kier alpha value is -2.08. The lowest BCUT2D eigenvalue weighted by Gasteiger charge is -2.35. The molecule has 1 aromatic rings. The fourth-order valence-electron chi connectivity index (χ4n) is 3.09. The smallest absolute Gasteiger partial charge is 0.407 e. The van der Waals surface area contributed by atoms with Crippen LogP contribution in [-0.4, -0.2) is 60.1 Å². The first-order valence-electron chi connectivity index (χ1n) is 9.76. The molecular formula is C21H33N3O3. The minimum absolute atomic E-state index is 0.163. The first-order valence-corrected chi connectivity index (χ1v) is 9.76. The van der Waals surface area contributed by atoms with Crippen LogP contribution in [-0.2, 0) is 16.1 Å². The summed E-state index contributed by atoms with van der Waals surface area (Å²) in [5.41, 5.74) is 2.16. The van der Waals surface area contributed by atoms with Crippen LogP contribution in [0, 0.1) is 6.92 Å². The van der Waals surface area contributed by atoms with Crippen molar-refractivity contribution in [3.8, 4) is 0 Å². The van der Waals surface area contributed by atoms with Crippen molar-refractivity contribution < 1.29 is 14.3 Å². The monoisotopic (exact) mass is 375 g/mol. The number of carbonyl (C=O) groups is 2. The predicted octanol–water partition coefficient (Wildman–Crippen LogP) is 2.94. The van der Waals surface area contributed by atoms with Crippen LogP contribution in [0.4, 0.5) is 4.79 Å². The maximum Gasteiger partial charge on any atom is 0.407 e. The fraction of sp³-hybridized carbons (Fsp3) is 0.619. The quantitative estimate of drug-likeness (QED) is 0.777. The molecule has 6 nitrogen and oxygen atoms in total. The van der Waals surface area contributed by atoms with Gasteiger partial charge in [0.1, 0.15) is 5.60 Å². The third-order valence-corrected chi connectivity index (χ3v) is 4.62. The van der Waals surface area contributed by atoms with E-state index in [1.54, 1.807) is 0 Å². The zero-order chi connectivity index (χ0) is 19.9. The molecule has 1 N–H and O–H groups in total. The minimum Gasteiger partial charge on any atom is -0.444 e. The molecule has 2 rings (SSSR count). The number of hydrogen-bond donors (Lipinski definition) is 1. The summed E-state index contributed by atoms with van der Waals surface area (Å²) in [5.74, 6) is 0.163. The van der Waals surface area contributed by atoms with E-state index in [-0.39, 0.29) is 5.91 Å². The van der Waals surface area contributed by atoms with Gasteiger partial charge in [-0.15, -0.1) is 0 Å². The summed E-state index contributed by atoms with van der Waals surface area (Å²) in [5, 5.41) is 2.70. The normalized spacial score (nSPS) is 15.5. The summed E-state index contributed by atoms with van der Waals surface area (Å²) in [4.78, 5) is 28.3. The zero-order valence-corrected chi connectivity index (χ0v) is 17.1. The highest BCUT2D eigenvalue weighted by Crippen LogP contribution is 2.13. The molecule has 2 amide bonds. The minimum atomic E-state index is -0.502. The van der Waals surface area contributed by atoms with Crippen LogP contribution >= 0.6 is 0 Å². The molecule has 0 aliphatic carbocycles. The van der Waals surface area contributed by atoms with Crippen molar-refractivity contribution in [3.05, 3.63) is 35.4 Å². The molecule has 0 atom stereocenters. The first-order chi connectivity index (χ1) is 12.7. The molecular weight excluding hydrogens is 342 g/mol. The third-order valence-electron chi connectivity index (χ3n) is 4.62. The SMILES string of the molecule is Cc1ccccc1CN1CCN(C(=O)CCCNC(=O)OC(C)(C)C)CC1. The third kappa shape index (κ3) is 7.59. The van der Waals surface area contributed by atoms with E-state index in [4.69, 9.17) is 4.74 Å².